The maximum atomic E-state index is 8.93. The van der Waals surface area contributed by atoms with Crippen molar-refractivity contribution in [1.82, 2.24) is 9.97 Å². The molecule has 0 aliphatic carbocycles. The average Bonchev–Trinajstić information content (AvgIpc) is 2.35. The Balaban J connectivity index is 2.25. The normalized spacial score (nSPS) is 10.9. The molecule has 0 aliphatic heterocycles. The maximum absolute atomic E-state index is 8.93. The Hall–Kier alpha value is -1.72. The van der Waals surface area contributed by atoms with Crippen molar-refractivity contribution in [1.29, 1.82) is 0 Å². The molecule has 2 rings (SSSR count). The van der Waals surface area contributed by atoms with Crippen molar-refractivity contribution in [3.05, 3.63) is 30.5 Å². The monoisotopic (exact) mass is 219 g/mol. The molecular weight excluding hydrogens is 206 g/mol. The highest BCUT2D eigenvalue weighted by Crippen LogP contribution is 2.11. The molecule has 0 bridgehead atoms. The number of hydrogen-bond donors (Lipinski definition) is 3. The number of fused-ring (bicyclic) bond motifs is 1. The Morgan fingerprint density at radius 3 is 2.50 bits per heavy atom. The van der Waals surface area contributed by atoms with Crippen LogP contribution in [0.5, 0.6) is 0 Å². The first-order chi connectivity index (χ1) is 7.83. The molecule has 1 aromatic heterocycles. The van der Waals surface area contributed by atoms with Crippen molar-refractivity contribution in [2.24, 2.45) is 0 Å². The molecule has 3 N–H and O–H groups in total. The molecule has 84 valence electrons. The Morgan fingerprint density at radius 1 is 1.12 bits per heavy atom. The van der Waals surface area contributed by atoms with Gasteiger partial charge in [-0.1, -0.05) is 12.1 Å². The van der Waals surface area contributed by atoms with Crippen molar-refractivity contribution in [3.63, 3.8) is 0 Å². The number of para-hydroxylation sites is 2. The minimum atomic E-state index is -0.407. The second-order valence-electron chi connectivity index (χ2n) is 3.45. The second kappa shape index (κ2) is 4.87. The molecule has 16 heavy (non-hydrogen) atoms. The summed E-state index contributed by atoms with van der Waals surface area (Å²) in [4.78, 5) is 8.53. The Bertz CT molecular complexity index is 471. The van der Waals surface area contributed by atoms with Gasteiger partial charge in [-0.15, -0.1) is 0 Å². The quantitative estimate of drug-likeness (QED) is 0.693. The molecule has 0 saturated heterocycles. The number of aromatic nitrogens is 2. The van der Waals surface area contributed by atoms with Crippen LogP contribution >= 0.6 is 0 Å². The molecule has 0 atom stereocenters. The van der Waals surface area contributed by atoms with E-state index >= 15 is 0 Å². The summed E-state index contributed by atoms with van der Waals surface area (Å²) in [5, 5.41) is 20.8. The van der Waals surface area contributed by atoms with Gasteiger partial charge in [0.05, 0.1) is 36.5 Å². The van der Waals surface area contributed by atoms with Gasteiger partial charge < -0.3 is 15.5 Å². The van der Waals surface area contributed by atoms with E-state index in [1.165, 1.54) is 0 Å². The van der Waals surface area contributed by atoms with Gasteiger partial charge in [-0.2, -0.15) is 0 Å². The van der Waals surface area contributed by atoms with E-state index in [1.807, 2.05) is 24.3 Å². The number of rotatable bonds is 4. The highest BCUT2D eigenvalue weighted by molar-refractivity contribution is 5.75. The van der Waals surface area contributed by atoms with Gasteiger partial charge in [-0.25, -0.2) is 4.98 Å². The lowest BCUT2D eigenvalue weighted by Crippen LogP contribution is -2.28. The summed E-state index contributed by atoms with van der Waals surface area (Å²) in [5.41, 5.74) is 1.60. The topological polar surface area (TPSA) is 78.3 Å². The van der Waals surface area contributed by atoms with Crippen LogP contribution in [0.3, 0.4) is 0 Å². The van der Waals surface area contributed by atoms with Gasteiger partial charge >= 0.3 is 0 Å². The summed E-state index contributed by atoms with van der Waals surface area (Å²) in [6.07, 6.45) is 1.58. The molecule has 0 aliphatic rings. The van der Waals surface area contributed by atoms with E-state index in [2.05, 4.69) is 15.3 Å². The van der Waals surface area contributed by atoms with Gasteiger partial charge in [0.2, 0.25) is 0 Å². The summed E-state index contributed by atoms with van der Waals surface area (Å²) in [5.74, 6) is 0.548. The van der Waals surface area contributed by atoms with Gasteiger partial charge in [0.25, 0.3) is 0 Å². The standard InChI is InChI=1S/C11H13N3O2/c15-6-8(7-16)13-11-5-12-9-3-1-2-4-10(9)14-11/h1-5,8,15-16H,6-7H2,(H,13,14). The van der Waals surface area contributed by atoms with Gasteiger partial charge in [0, 0.05) is 0 Å². The van der Waals surface area contributed by atoms with E-state index in [4.69, 9.17) is 10.2 Å². The number of anilines is 1. The Kier molecular flexibility index (Phi) is 3.28. The van der Waals surface area contributed by atoms with E-state index < -0.39 is 6.04 Å². The van der Waals surface area contributed by atoms with E-state index in [1.54, 1.807) is 6.20 Å². The van der Waals surface area contributed by atoms with Crippen LogP contribution in [0.1, 0.15) is 0 Å². The summed E-state index contributed by atoms with van der Waals surface area (Å²) in [6, 6.07) is 7.11. The van der Waals surface area contributed by atoms with Crippen molar-refractivity contribution >= 4 is 16.9 Å². The van der Waals surface area contributed by atoms with Gasteiger partial charge in [0.1, 0.15) is 5.82 Å². The Labute approximate surface area is 92.8 Å². The van der Waals surface area contributed by atoms with E-state index in [0.717, 1.165) is 11.0 Å². The van der Waals surface area contributed by atoms with Gasteiger partial charge in [-0.3, -0.25) is 4.98 Å². The molecule has 2 aromatic rings. The minimum absolute atomic E-state index is 0.148. The van der Waals surface area contributed by atoms with Crippen LogP contribution in [0, 0.1) is 0 Å². The van der Waals surface area contributed by atoms with Gasteiger partial charge in [0.15, 0.2) is 0 Å². The largest absolute Gasteiger partial charge is 0.394 e. The van der Waals surface area contributed by atoms with Crippen LogP contribution in [-0.4, -0.2) is 39.4 Å². The van der Waals surface area contributed by atoms with E-state index in [-0.39, 0.29) is 13.2 Å². The number of nitrogens with one attached hydrogen (secondary N) is 1. The predicted octanol–water partition coefficient (Wildman–Crippen LogP) is 0.395. The SMILES string of the molecule is OCC(CO)Nc1cnc2ccccc2n1. The van der Waals surface area contributed by atoms with Crippen molar-refractivity contribution in [2.45, 2.75) is 6.04 Å². The lowest BCUT2D eigenvalue weighted by atomic mass is 10.3. The number of aliphatic hydroxyl groups excluding tert-OH is 2. The van der Waals surface area contributed by atoms with Gasteiger partial charge in [-0.05, 0) is 12.1 Å². The van der Waals surface area contributed by atoms with Crippen LogP contribution in [0.4, 0.5) is 5.82 Å². The molecular formula is C11H13N3O2. The zero-order valence-corrected chi connectivity index (χ0v) is 8.67. The fraction of sp³-hybridized carbons (Fsp3) is 0.273. The molecule has 0 radical (unpaired) electrons. The minimum Gasteiger partial charge on any atom is -0.394 e. The maximum Gasteiger partial charge on any atom is 0.145 e. The fourth-order valence-corrected chi connectivity index (χ4v) is 1.38. The molecule has 0 amide bonds. The number of nitrogens with zero attached hydrogens (tertiary/aromatic N) is 2. The van der Waals surface area contributed by atoms with Crippen molar-refractivity contribution < 1.29 is 10.2 Å². The third kappa shape index (κ3) is 2.26. The van der Waals surface area contributed by atoms with Crippen molar-refractivity contribution in [3.8, 4) is 0 Å². The summed E-state index contributed by atoms with van der Waals surface area (Å²) >= 11 is 0. The second-order valence-corrected chi connectivity index (χ2v) is 3.45. The summed E-state index contributed by atoms with van der Waals surface area (Å²) in [7, 11) is 0. The molecule has 0 saturated carbocycles. The van der Waals surface area contributed by atoms with E-state index in [0.29, 0.717) is 5.82 Å². The summed E-state index contributed by atoms with van der Waals surface area (Å²) < 4.78 is 0. The van der Waals surface area contributed by atoms with Crippen LogP contribution in [0.25, 0.3) is 11.0 Å². The molecule has 0 spiro atoms. The zero-order chi connectivity index (χ0) is 11.4. The first-order valence-electron chi connectivity index (χ1n) is 5.03. The molecule has 5 heteroatoms. The first kappa shape index (κ1) is 10.8. The number of benzene rings is 1. The van der Waals surface area contributed by atoms with Crippen LogP contribution < -0.4 is 5.32 Å². The van der Waals surface area contributed by atoms with Crippen LogP contribution in [0.15, 0.2) is 30.5 Å². The molecule has 0 unspecified atom stereocenters. The zero-order valence-electron chi connectivity index (χ0n) is 8.67. The average molecular weight is 219 g/mol. The highest BCUT2D eigenvalue weighted by atomic mass is 16.3. The number of aliphatic hydroxyl groups is 2. The number of hydrogen-bond acceptors (Lipinski definition) is 5. The lowest BCUT2D eigenvalue weighted by Gasteiger charge is -2.13. The lowest BCUT2D eigenvalue weighted by molar-refractivity contribution is 0.203. The van der Waals surface area contributed by atoms with E-state index in [9.17, 15) is 0 Å². The first-order valence-corrected chi connectivity index (χ1v) is 5.03. The highest BCUT2D eigenvalue weighted by Gasteiger charge is 2.06. The molecule has 1 aromatic carbocycles. The predicted molar refractivity (Wildman–Crippen MR) is 61.1 cm³/mol. The Morgan fingerprint density at radius 2 is 1.81 bits per heavy atom. The van der Waals surface area contributed by atoms with Crippen molar-refractivity contribution in [2.75, 3.05) is 18.5 Å². The third-order valence-electron chi connectivity index (χ3n) is 2.24. The van der Waals surface area contributed by atoms with Crippen LogP contribution in [-0.2, 0) is 0 Å². The molecule has 1 heterocycles. The molecule has 0 fully saturated rings. The fourth-order valence-electron chi connectivity index (χ4n) is 1.38. The summed E-state index contributed by atoms with van der Waals surface area (Å²) in [6.45, 7) is -0.296. The molecule has 5 nitrogen and oxygen atoms in total. The smallest absolute Gasteiger partial charge is 0.145 e. The third-order valence-corrected chi connectivity index (χ3v) is 2.24. The van der Waals surface area contributed by atoms with Crippen LogP contribution in [0.2, 0.25) is 0 Å².